The minimum absolute atomic E-state index is 0.0158. The Morgan fingerprint density at radius 1 is 0.848 bits per heavy atom. The van der Waals surface area contributed by atoms with Crippen molar-refractivity contribution >= 4 is 0 Å². The average molecular weight is 475 g/mol. The molecule has 0 fully saturated rings. The predicted molar refractivity (Wildman–Crippen MR) is 102 cm³/mol. The molecule has 0 spiro atoms. The Balaban J connectivity index is 2.03. The SMILES string of the molecule is CCCc1ccc(-c2c([O])cc(F)c(C(F)(F)Oc3ccc(C(F)(F)F)c(F)c3)c2F)cc1. The van der Waals surface area contributed by atoms with E-state index in [9.17, 15) is 35.8 Å². The summed E-state index contributed by atoms with van der Waals surface area (Å²) in [6.07, 6.45) is -8.40. The molecule has 1 radical (unpaired) electrons. The molecule has 2 nitrogen and oxygen atoms in total. The van der Waals surface area contributed by atoms with Crippen LogP contribution in [0.2, 0.25) is 0 Å². The molecule has 3 aromatic carbocycles. The summed E-state index contributed by atoms with van der Waals surface area (Å²) >= 11 is 0. The van der Waals surface area contributed by atoms with E-state index >= 15 is 4.39 Å². The van der Waals surface area contributed by atoms with Gasteiger partial charge in [0.2, 0.25) is 0 Å². The summed E-state index contributed by atoms with van der Waals surface area (Å²) in [6.45, 7) is 1.92. The van der Waals surface area contributed by atoms with Crippen LogP contribution in [-0.4, -0.2) is 0 Å². The predicted octanol–water partition coefficient (Wildman–Crippen LogP) is 8.01. The fourth-order valence-electron chi connectivity index (χ4n) is 3.25. The van der Waals surface area contributed by atoms with Gasteiger partial charge in [-0.2, -0.15) is 22.0 Å². The summed E-state index contributed by atoms with van der Waals surface area (Å²) in [7, 11) is 0. The fraction of sp³-hybridized carbons (Fsp3) is 0.217. The molecule has 0 saturated carbocycles. The first-order valence-electron chi connectivity index (χ1n) is 9.57. The molecule has 3 rings (SSSR count). The Labute approximate surface area is 183 Å². The Bertz CT molecular complexity index is 1150. The molecule has 0 heterocycles. The van der Waals surface area contributed by atoms with Gasteiger partial charge in [0.1, 0.15) is 22.9 Å². The molecule has 0 aromatic heterocycles. The minimum Gasteiger partial charge on any atom is -0.429 e. The molecular formula is C23H15F8O2. The zero-order valence-corrected chi connectivity index (χ0v) is 16.9. The van der Waals surface area contributed by atoms with E-state index in [2.05, 4.69) is 4.74 Å². The van der Waals surface area contributed by atoms with Gasteiger partial charge in [0.25, 0.3) is 0 Å². The summed E-state index contributed by atoms with van der Waals surface area (Å²) < 4.78 is 114. The van der Waals surface area contributed by atoms with Gasteiger partial charge in [0.05, 0.1) is 11.1 Å². The Hall–Kier alpha value is -3.30. The molecule has 0 unspecified atom stereocenters. The van der Waals surface area contributed by atoms with Crippen LogP contribution in [0.4, 0.5) is 35.1 Å². The maximum Gasteiger partial charge on any atom is 0.432 e. The summed E-state index contributed by atoms with van der Waals surface area (Å²) in [5.41, 5.74) is -3.75. The van der Waals surface area contributed by atoms with Crippen molar-refractivity contribution in [2.75, 3.05) is 0 Å². The van der Waals surface area contributed by atoms with E-state index in [0.717, 1.165) is 12.0 Å². The van der Waals surface area contributed by atoms with Crippen molar-refractivity contribution in [3.8, 4) is 22.6 Å². The maximum absolute atomic E-state index is 15.0. The minimum atomic E-state index is -5.09. The number of hydrogen-bond acceptors (Lipinski definition) is 1. The van der Waals surface area contributed by atoms with Crippen LogP contribution in [0.1, 0.15) is 30.0 Å². The lowest BCUT2D eigenvalue weighted by Crippen LogP contribution is -2.25. The summed E-state index contributed by atoms with van der Waals surface area (Å²) in [5, 5.41) is 12.2. The second-order valence-corrected chi connectivity index (χ2v) is 7.13. The highest BCUT2D eigenvalue weighted by Gasteiger charge is 2.43. The third-order valence-corrected chi connectivity index (χ3v) is 4.75. The van der Waals surface area contributed by atoms with E-state index in [1.807, 2.05) is 6.92 Å². The lowest BCUT2D eigenvalue weighted by Gasteiger charge is -2.21. The first-order valence-corrected chi connectivity index (χ1v) is 9.57. The first kappa shape index (κ1) is 24.3. The van der Waals surface area contributed by atoms with Gasteiger partial charge in [-0.25, -0.2) is 13.2 Å². The topological polar surface area (TPSA) is 29.1 Å². The zero-order chi connectivity index (χ0) is 24.6. The normalized spacial score (nSPS) is 12.2. The molecule has 175 valence electrons. The number of hydrogen-bond donors (Lipinski definition) is 0. The van der Waals surface area contributed by atoms with Gasteiger partial charge >= 0.3 is 12.3 Å². The van der Waals surface area contributed by atoms with Gasteiger partial charge in [-0.1, -0.05) is 37.6 Å². The number of alkyl halides is 5. The smallest absolute Gasteiger partial charge is 0.429 e. The van der Waals surface area contributed by atoms with E-state index in [4.69, 9.17) is 0 Å². The number of benzene rings is 3. The van der Waals surface area contributed by atoms with Gasteiger partial charge in [-0.3, -0.25) is 5.11 Å². The van der Waals surface area contributed by atoms with Crippen LogP contribution < -0.4 is 4.74 Å². The van der Waals surface area contributed by atoms with Gasteiger partial charge in [0, 0.05) is 12.1 Å². The highest BCUT2D eigenvalue weighted by Crippen LogP contribution is 2.43. The summed E-state index contributed by atoms with van der Waals surface area (Å²) in [5.74, 6) is -8.06. The first-order chi connectivity index (χ1) is 15.3. The monoisotopic (exact) mass is 475 g/mol. The van der Waals surface area contributed by atoms with E-state index < -0.39 is 57.9 Å². The van der Waals surface area contributed by atoms with Crippen LogP contribution in [0.25, 0.3) is 11.1 Å². The number of ether oxygens (including phenoxy) is 1. The summed E-state index contributed by atoms with van der Waals surface area (Å²) in [6, 6.07) is 6.44. The number of aryl methyl sites for hydroxylation is 1. The van der Waals surface area contributed by atoms with Crippen LogP contribution in [0, 0.1) is 17.5 Å². The Morgan fingerprint density at radius 2 is 1.48 bits per heavy atom. The largest absolute Gasteiger partial charge is 0.432 e. The quantitative estimate of drug-likeness (QED) is 0.332. The van der Waals surface area contributed by atoms with Crippen molar-refractivity contribution < 1.29 is 45.0 Å². The Kier molecular flexibility index (Phi) is 6.58. The zero-order valence-electron chi connectivity index (χ0n) is 16.9. The van der Waals surface area contributed by atoms with Crippen molar-refractivity contribution in [3.63, 3.8) is 0 Å². The summed E-state index contributed by atoms with van der Waals surface area (Å²) in [4.78, 5) is 0. The third kappa shape index (κ3) is 5.04. The average Bonchev–Trinajstić information content (AvgIpc) is 2.67. The molecule has 0 aliphatic carbocycles. The lowest BCUT2D eigenvalue weighted by molar-refractivity contribution is -0.189. The molecule has 10 heteroatoms. The van der Waals surface area contributed by atoms with E-state index in [1.165, 1.54) is 12.1 Å². The highest BCUT2D eigenvalue weighted by molar-refractivity contribution is 5.72. The number of rotatable bonds is 6. The van der Waals surface area contributed by atoms with Gasteiger partial charge < -0.3 is 4.74 Å². The van der Waals surface area contributed by atoms with Crippen LogP contribution in [0.15, 0.2) is 48.5 Å². The molecule has 0 saturated heterocycles. The van der Waals surface area contributed by atoms with Crippen molar-refractivity contribution in [1.82, 2.24) is 0 Å². The highest BCUT2D eigenvalue weighted by atomic mass is 19.4. The van der Waals surface area contributed by atoms with Crippen molar-refractivity contribution in [2.45, 2.75) is 32.1 Å². The molecule has 3 aromatic rings. The molecule has 33 heavy (non-hydrogen) atoms. The lowest BCUT2D eigenvalue weighted by atomic mass is 9.98. The second-order valence-electron chi connectivity index (χ2n) is 7.13. The molecule has 0 N–H and O–H groups in total. The Morgan fingerprint density at radius 3 is 2.03 bits per heavy atom. The second kappa shape index (κ2) is 8.92. The van der Waals surface area contributed by atoms with Crippen molar-refractivity contribution in [1.29, 1.82) is 0 Å². The van der Waals surface area contributed by atoms with Crippen molar-refractivity contribution in [3.05, 3.63) is 82.7 Å². The van der Waals surface area contributed by atoms with E-state index in [1.54, 1.807) is 12.1 Å². The maximum atomic E-state index is 15.0. The van der Waals surface area contributed by atoms with Crippen LogP contribution >= 0.6 is 0 Å². The standard InChI is InChI=1S/C23H15F8O2/c1-2-3-12-4-6-13(7-5-12)19-18(32)11-17(25)20(21(19)26)23(30,31)33-14-8-9-15(16(24)10-14)22(27,28)29/h4-11H,2-3H2,1H3. The van der Waals surface area contributed by atoms with E-state index in [0.29, 0.717) is 12.5 Å². The molecule has 0 bridgehead atoms. The van der Waals surface area contributed by atoms with Gasteiger partial charge in [0.15, 0.2) is 11.6 Å². The van der Waals surface area contributed by atoms with E-state index in [-0.39, 0.29) is 23.8 Å². The molecular weight excluding hydrogens is 460 g/mol. The molecule has 0 atom stereocenters. The van der Waals surface area contributed by atoms with Crippen LogP contribution in [-0.2, 0) is 23.8 Å². The van der Waals surface area contributed by atoms with Gasteiger partial charge in [-0.05, 0) is 29.7 Å². The van der Waals surface area contributed by atoms with Crippen LogP contribution in [0.3, 0.4) is 0 Å². The van der Waals surface area contributed by atoms with Gasteiger partial charge in [-0.15, -0.1) is 0 Å². The number of halogens is 8. The van der Waals surface area contributed by atoms with Crippen LogP contribution in [0.5, 0.6) is 11.5 Å². The molecule has 0 amide bonds. The third-order valence-electron chi connectivity index (χ3n) is 4.75. The molecule has 0 aliphatic heterocycles. The fourth-order valence-corrected chi connectivity index (χ4v) is 3.25. The molecule has 0 aliphatic rings. The van der Waals surface area contributed by atoms with Crippen molar-refractivity contribution in [2.24, 2.45) is 0 Å².